The van der Waals surface area contributed by atoms with Gasteiger partial charge >= 0.3 is 5.97 Å². The maximum Gasteiger partial charge on any atom is 0.306 e. The lowest BCUT2D eigenvalue weighted by atomic mass is 9.82. The van der Waals surface area contributed by atoms with E-state index >= 15 is 0 Å². The lowest BCUT2D eigenvalue weighted by Crippen LogP contribution is -2.21. The Bertz CT molecular complexity index is 203. The smallest absolute Gasteiger partial charge is 0.306 e. The monoisotopic (exact) mass is 214 g/mol. The van der Waals surface area contributed by atoms with Crippen LogP contribution in [-0.2, 0) is 4.79 Å². The van der Waals surface area contributed by atoms with E-state index < -0.39 is 5.97 Å². The summed E-state index contributed by atoms with van der Waals surface area (Å²) in [6.45, 7) is 1.93. The molecule has 1 aliphatic carbocycles. The van der Waals surface area contributed by atoms with E-state index in [0.717, 1.165) is 38.5 Å². The largest absolute Gasteiger partial charge is 0.481 e. The van der Waals surface area contributed by atoms with Gasteiger partial charge in [-0.3, -0.25) is 4.79 Å². The molecule has 3 atom stereocenters. The molecule has 3 heteroatoms. The van der Waals surface area contributed by atoms with Gasteiger partial charge in [0.05, 0.1) is 12.0 Å². The zero-order chi connectivity index (χ0) is 11.3. The lowest BCUT2D eigenvalue weighted by Gasteiger charge is -2.26. The molecule has 0 aromatic carbocycles. The van der Waals surface area contributed by atoms with E-state index in [-0.39, 0.29) is 12.0 Å². The molecule has 1 unspecified atom stereocenters. The topological polar surface area (TPSA) is 57.5 Å². The van der Waals surface area contributed by atoms with E-state index in [1.54, 1.807) is 0 Å². The van der Waals surface area contributed by atoms with Gasteiger partial charge in [-0.05, 0) is 38.0 Å². The van der Waals surface area contributed by atoms with Crippen LogP contribution in [0.2, 0.25) is 0 Å². The second-order valence-electron chi connectivity index (χ2n) is 4.71. The molecule has 0 saturated heterocycles. The molecule has 15 heavy (non-hydrogen) atoms. The fourth-order valence-electron chi connectivity index (χ4n) is 2.46. The number of aliphatic hydroxyl groups excluding tert-OH is 1. The second kappa shape index (κ2) is 6.11. The predicted octanol–water partition coefficient (Wildman–Crippen LogP) is 2.43. The quantitative estimate of drug-likeness (QED) is 0.739. The van der Waals surface area contributed by atoms with Crippen LogP contribution < -0.4 is 0 Å². The molecule has 2 N–H and O–H groups in total. The third-order valence-electron chi connectivity index (χ3n) is 3.52. The number of aliphatic carboxylic acids is 1. The highest BCUT2D eigenvalue weighted by atomic mass is 16.4. The van der Waals surface area contributed by atoms with Crippen molar-refractivity contribution in [2.45, 2.75) is 58.0 Å². The highest BCUT2D eigenvalue weighted by Gasteiger charge is 2.22. The molecule has 0 heterocycles. The predicted molar refractivity (Wildman–Crippen MR) is 58.6 cm³/mol. The second-order valence-corrected chi connectivity index (χ2v) is 4.71. The number of hydrogen-bond donors (Lipinski definition) is 2. The van der Waals surface area contributed by atoms with Crippen molar-refractivity contribution < 1.29 is 15.0 Å². The van der Waals surface area contributed by atoms with E-state index in [2.05, 4.69) is 0 Å². The Morgan fingerprint density at radius 1 is 1.47 bits per heavy atom. The van der Waals surface area contributed by atoms with Crippen LogP contribution in [0.3, 0.4) is 0 Å². The molecule has 0 aliphatic heterocycles. The van der Waals surface area contributed by atoms with Crippen molar-refractivity contribution in [3.63, 3.8) is 0 Å². The van der Waals surface area contributed by atoms with E-state index in [1.165, 1.54) is 0 Å². The van der Waals surface area contributed by atoms with Gasteiger partial charge in [0, 0.05) is 0 Å². The Balaban J connectivity index is 2.26. The minimum Gasteiger partial charge on any atom is -0.481 e. The summed E-state index contributed by atoms with van der Waals surface area (Å²) in [7, 11) is 0. The van der Waals surface area contributed by atoms with E-state index in [0.29, 0.717) is 12.3 Å². The molecule has 0 aromatic heterocycles. The third-order valence-corrected chi connectivity index (χ3v) is 3.52. The van der Waals surface area contributed by atoms with Crippen LogP contribution in [-0.4, -0.2) is 22.3 Å². The zero-order valence-corrected chi connectivity index (χ0v) is 9.48. The normalized spacial score (nSPS) is 28.7. The molecular formula is C12H22O3. The van der Waals surface area contributed by atoms with Crippen molar-refractivity contribution in [3.05, 3.63) is 0 Å². The molecule has 0 spiro atoms. The van der Waals surface area contributed by atoms with Crippen LogP contribution in [0.1, 0.15) is 51.9 Å². The molecule has 0 radical (unpaired) electrons. The SMILES string of the molecule is CCC(CC[C@@H]1CCC[C@H](O)C1)C(=O)O. The zero-order valence-electron chi connectivity index (χ0n) is 9.48. The first-order valence-corrected chi connectivity index (χ1v) is 6.04. The average Bonchev–Trinajstić information content (AvgIpc) is 2.18. The van der Waals surface area contributed by atoms with Crippen LogP contribution in [0.4, 0.5) is 0 Å². The van der Waals surface area contributed by atoms with E-state index in [9.17, 15) is 9.90 Å². The molecule has 0 aromatic rings. The lowest BCUT2D eigenvalue weighted by molar-refractivity contribution is -0.142. The minimum absolute atomic E-state index is 0.145. The molecule has 1 aliphatic rings. The highest BCUT2D eigenvalue weighted by molar-refractivity contribution is 5.69. The Hall–Kier alpha value is -0.570. The molecule has 0 amide bonds. The van der Waals surface area contributed by atoms with Gasteiger partial charge in [0.2, 0.25) is 0 Å². The Morgan fingerprint density at radius 2 is 2.20 bits per heavy atom. The molecule has 3 nitrogen and oxygen atoms in total. The molecule has 1 fully saturated rings. The summed E-state index contributed by atoms with van der Waals surface area (Å²) in [4.78, 5) is 10.8. The fourth-order valence-corrected chi connectivity index (χ4v) is 2.46. The Morgan fingerprint density at radius 3 is 2.73 bits per heavy atom. The number of carboxylic acids is 1. The van der Waals surface area contributed by atoms with Crippen molar-refractivity contribution in [2.75, 3.05) is 0 Å². The molecule has 1 saturated carbocycles. The summed E-state index contributed by atoms with van der Waals surface area (Å²) in [5.41, 5.74) is 0. The van der Waals surface area contributed by atoms with Gasteiger partial charge in [-0.2, -0.15) is 0 Å². The maximum absolute atomic E-state index is 10.8. The van der Waals surface area contributed by atoms with Crippen LogP contribution in [0.15, 0.2) is 0 Å². The van der Waals surface area contributed by atoms with Gasteiger partial charge in [-0.1, -0.05) is 19.8 Å². The standard InChI is InChI=1S/C12H22O3/c1-2-10(12(14)15)7-6-9-4-3-5-11(13)8-9/h9-11,13H,2-8H2,1H3,(H,14,15)/t9-,10?,11-/m0/s1. The summed E-state index contributed by atoms with van der Waals surface area (Å²) in [5, 5.41) is 18.4. The molecule has 0 bridgehead atoms. The van der Waals surface area contributed by atoms with Gasteiger partial charge in [-0.25, -0.2) is 0 Å². The summed E-state index contributed by atoms with van der Waals surface area (Å²) in [6, 6.07) is 0. The Labute approximate surface area is 91.5 Å². The van der Waals surface area contributed by atoms with Crippen LogP contribution in [0.5, 0.6) is 0 Å². The van der Waals surface area contributed by atoms with Crippen molar-refractivity contribution in [1.82, 2.24) is 0 Å². The van der Waals surface area contributed by atoms with Gasteiger partial charge in [0.1, 0.15) is 0 Å². The number of rotatable bonds is 5. The number of carboxylic acid groups (broad SMARTS) is 1. The maximum atomic E-state index is 10.8. The molecular weight excluding hydrogens is 192 g/mol. The van der Waals surface area contributed by atoms with Crippen LogP contribution >= 0.6 is 0 Å². The molecule has 88 valence electrons. The van der Waals surface area contributed by atoms with Crippen molar-refractivity contribution in [3.8, 4) is 0 Å². The summed E-state index contributed by atoms with van der Waals surface area (Å²) in [5.74, 6) is -0.319. The third kappa shape index (κ3) is 4.20. The summed E-state index contributed by atoms with van der Waals surface area (Å²) in [6.07, 6.45) is 6.34. The van der Waals surface area contributed by atoms with E-state index in [4.69, 9.17) is 5.11 Å². The first-order chi connectivity index (χ1) is 7.13. The summed E-state index contributed by atoms with van der Waals surface area (Å²) < 4.78 is 0. The Kier molecular flexibility index (Phi) is 5.09. The average molecular weight is 214 g/mol. The summed E-state index contributed by atoms with van der Waals surface area (Å²) >= 11 is 0. The molecule has 1 rings (SSSR count). The van der Waals surface area contributed by atoms with Gasteiger partial charge < -0.3 is 10.2 Å². The van der Waals surface area contributed by atoms with E-state index in [1.807, 2.05) is 6.92 Å². The number of aliphatic hydroxyl groups is 1. The highest BCUT2D eigenvalue weighted by Crippen LogP contribution is 2.29. The van der Waals surface area contributed by atoms with Crippen molar-refractivity contribution >= 4 is 5.97 Å². The van der Waals surface area contributed by atoms with Crippen molar-refractivity contribution in [2.24, 2.45) is 11.8 Å². The van der Waals surface area contributed by atoms with Gasteiger partial charge in [-0.15, -0.1) is 0 Å². The van der Waals surface area contributed by atoms with Crippen LogP contribution in [0.25, 0.3) is 0 Å². The minimum atomic E-state index is -0.672. The van der Waals surface area contributed by atoms with Gasteiger partial charge in [0.15, 0.2) is 0 Å². The first-order valence-electron chi connectivity index (χ1n) is 6.04. The number of carbonyl (C=O) groups is 1. The first kappa shape index (κ1) is 12.5. The number of hydrogen-bond acceptors (Lipinski definition) is 2. The van der Waals surface area contributed by atoms with Crippen LogP contribution in [0, 0.1) is 11.8 Å². The van der Waals surface area contributed by atoms with Crippen molar-refractivity contribution in [1.29, 1.82) is 0 Å². The fraction of sp³-hybridized carbons (Fsp3) is 0.917. The van der Waals surface area contributed by atoms with Gasteiger partial charge in [0.25, 0.3) is 0 Å².